The van der Waals surface area contributed by atoms with E-state index in [0.717, 1.165) is 18.4 Å². The Morgan fingerprint density at radius 1 is 1.17 bits per heavy atom. The third-order valence-corrected chi connectivity index (χ3v) is 5.04. The summed E-state index contributed by atoms with van der Waals surface area (Å²) in [4.78, 5) is 30.1. The fourth-order valence-corrected chi connectivity index (χ4v) is 3.31. The van der Waals surface area contributed by atoms with E-state index >= 15 is 0 Å². The first-order chi connectivity index (χ1) is 14.0. The molecule has 1 aliphatic rings. The molecule has 4 rings (SSSR count). The first kappa shape index (κ1) is 18.9. The van der Waals surface area contributed by atoms with Crippen LogP contribution in [0.5, 0.6) is 0 Å². The van der Waals surface area contributed by atoms with Gasteiger partial charge in [-0.3, -0.25) is 14.3 Å². The lowest BCUT2D eigenvalue weighted by Crippen LogP contribution is -2.37. The Kier molecular flexibility index (Phi) is 4.87. The van der Waals surface area contributed by atoms with Crippen molar-refractivity contribution in [3.05, 3.63) is 41.6 Å². The summed E-state index contributed by atoms with van der Waals surface area (Å²) in [7, 11) is 1.79. The van der Waals surface area contributed by atoms with Gasteiger partial charge in [-0.05, 0) is 18.6 Å². The van der Waals surface area contributed by atoms with Crippen molar-refractivity contribution >= 4 is 11.8 Å². The molecule has 3 heterocycles. The van der Waals surface area contributed by atoms with Crippen molar-refractivity contribution in [2.75, 3.05) is 13.6 Å². The van der Waals surface area contributed by atoms with Gasteiger partial charge in [0, 0.05) is 37.3 Å². The molecule has 3 aromatic rings. The molecule has 0 fully saturated rings. The summed E-state index contributed by atoms with van der Waals surface area (Å²) < 4.78 is 3.57. The summed E-state index contributed by atoms with van der Waals surface area (Å²) >= 11 is 0. The second kappa shape index (κ2) is 7.50. The van der Waals surface area contributed by atoms with Crippen molar-refractivity contribution in [1.82, 2.24) is 29.4 Å². The van der Waals surface area contributed by atoms with Gasteiger partial charge in [0.05, 0.1) is 6.54 Å². The van der Waals surface area contributed by atoms with Crippen LogP contribution in [-0.2, 0) is 13.1 Å². The number of unbranched alkanes of at least 4 members (excludes halogenated alkanes) is 1. The Bertz CT molecular complexity index is 1070. The van der Waals surface area contributed by atoms with E-state index in [2.05, 4.69) is 17.1 Å². The molecule has 0 saturated heterocycles. The van der Waals surface area contributed by atoms with Gasteiger partial charge in [0.1, 0.15) is 11.4 Å². The van der Waals surface area contributed by atoms with E-state index in [9.17, 15) is 9.59 Å². The zero-order valence-electron chi connectivity index (χ0n) is 16.5. The zero-order chi connectivity index (χ0) is 20.5. The van der Waals surface area contributed by atoms with Gasteiger partial charge in [0.15, 0.2) is 11.6 Å². The molecular weight excluding hydrogens is 370 g/mol. The van der Waals surface area contributed by atoms with Gasteiger partial charge < -0.3 is 10.6 Å². The smallest absolute Gasteiger partial charge is 0.271 e. The summed E-state index contributed by atoms with van der Waals surface area (Å²) in [5.74, 6) is 0.653. The van der Waals surface area contributed by atoms with Crippen LogP contribution in [0.1, 0.15) is 40.6 Å². The van der Waals surface area contributed by atoms with Gasteiger partial charge >= 0.3 is 0 Å². The SMILES string of the molecule is CCCCn1nc(-c2ccc(C(N)=O)cc2)nc1-c1cc2n(n1)CCN(C)C2=O. The highest BCUT2D eigenvalue weighted by Gasteiger charge is 2.26. The lowest BCUT2D eigenvalue weighted by atomic mass is 10.1. The van der Waals surface area contributed by atoms with E-state index in [1.54, 1.807) is 47.0 Å². The maximum absolute atomic E-state index is 12.4. The van der Waals surface area contributed by atoms with Crippen LogP contribution in [0, 0.1) is 0 Å². The van der Waals surface area contributed by atoms with Crippen LogP contribution in [0.3, 0.4) is 0 Å². The van der Waals surface area contributed by atoms with Crippen molar-refractivity contribution < 1.29 is 9.59 Å². The quantitative estimate of drug-likeness (QED) is 0.686. The number of carbonyl (C=O) groups excluding carboxylic acids is 2. The third kappa shape index (κ3) is 3.51. The third-order valence-electron chi connectivity index (χ3n) is 5.04. The maximum atomic E-state index is 12.4. The second-order valence-corrected chi connectivity index (χ2v) is 7.14. The van der Waals surface area contributed by atoms with Gasteiger partial charge in [-0.25, -0.2) is 9.67 Å². The minimum Gasteiger partial charge on any atom is -0.366 e. The summed E-state index contributed by atoms with van der Waals surface area (Å²) in [5, 5.41) is 9.26. The predicted octanol–water partition coefficient (Wildman–Crippen LogP) is 1.79. The van der Waals surface area contributed by atoms with E-state index in [0.29, 0.717) is 48.2 Å². The Morgan fingerprint density at radius 3 is 2.62 bits per heavy atom. The van der Waals surface area contributed by atoms with E-state index in [1.165, 1.54) is 0 Å². The number of aromatic nitrogens is 5. The summed E-state index contributed by atoms with van der Waals surface area (Å²) in [6.07, 6.45) is 1.97. The van der Waals surface area contributed by atoms with E-state index < -0.39 is 5.91 Å². The predicted molar refractivity (Wildman–Crippen MR) is 107 cm³/mol. The number of benzene rings is 1. The lowest BCUT2D eigenvalue weighted by Gasteiger charge is -2.22. The Balaban J connectivity index is 1.74. The maximum Gasteiger partial charge on any atom is 0.271 e. The van der Waals surface area contributed by atoms with Crippen molar-refractivity contribution in [3.8, 4) is 22.9 Å². The van der Waals surface area contributed by atoms with E-state index in [1.807, 2.05) is 4.68 Å². The van der Waals surface area contributed by atoms with Gasteiger partial charge in [-0.15, -0.1) is 0 Å². The van der Waals surface area contributed by atoms with Gasteiger partial charge in [-0.2, -0.15) is 10.2 Å². The molecule has 1 aliphatic heterocycles. The van der Waals surface area contributed by atoms with Crippen LogP contribution >= 0.6 is 0 Å². The van der Waals surface area contributed by atoms with Crippen molar-refractivity contribution in [2.45, 2.75) is 32.9 Å². The van der Waals surface area contributed by atoms with Crippen LogP contribution in [0.25, 0.3) is 22.9 Å². The second-order valence-electron chi connectivity index (χ2n) is 7.14. The lowest BCUT2D eigenvalue weighted by molar-refractivity contribution is 0.0742. The molecule has 0 saturated carbocycles. The highest BCUT2D eigenvalue weighted by atomic mass is 16.2. The van der Waals surface area contributed by atoms with Crippen LogP contribution in [0.2, 0.25) is 0 Å². The Morgan fingerprint density at radius 2 is 1.93 bits per heavy atom. The molecule has 0 spiro atoms. The van der Waals surface area contributed by atoms with Gasteiger partial charge in [0.2, 0.25) is 5.91 Å². The number of fused-ring (bicyclic) bond motifs is 1. The largest absolute Gasteiger partial charge is 0.366 e. The minimum absolute atomic E-state index is 0.0445. The number of rotatable bonds is 6. The molecule has 29 heavy (non-hydrogen) atoms. The van der Waals surface area contributed by atoms with Gasteiger partial charge in [0.25, 0.3) is 5.91 Å². The van der Waals surface area contributed by atoms with Crippen LogP contribution < -0.4 is 5.73 Å². The number of aryl methyl sites for hydroxylation is 1. The number of likely N-dealkylation sites (N-methyl/N-ethyl adjacent to an activating group) is 1. The van der Waals surface area contributed by atoms with Crippen molar-refractivity contribution in [1.29, 1.82) is 0 Å². The topological polar surface area (TPSA) is 112 Å². The van der Waals surface area contributed by atoms with Gasteiger partial charge in [-0.1, -0.05) is 25.5 Å². The number of hydrogen-bond donors (Lipinski definition) is 1. The molecule has 1 aromatic carbocycles. The molecule has 150 valence electrons. The summed E-state index contributed by atoms with van der Waals surface area (Å²) in [6.45, 7) is 4.10. The number of nitrogens with two attached hydrogens (primary N) is 1. The van der Waals surface area contributed by atoms with Crippen LogP contribution in [0.4, 0.5) is 0 Å². The summed E-state index contributed by atoms with van der Waals surface area (Å²) in [6, 6.07) is 8.66. The normalized spacial score (nSPS) is 13.6. The fraction of sp³-hybridized carbons (Fsp3) is 0.350. The minimum atomic E-state index is -0.475. The molecule has 9 heteroatoms. The van der Waals surface area contributed by atoms with Crippen LogP contribution in [0.15, 0.2) is 30.3 Å². The molecule has 0 aliphatic carbocycles. The average Bonchev–Trinajstić information content (AvgIpc) is 3.34. The monoisotopic (exact) mass is 393 g/mol. The molecule has 0 bridgehead atoms. The Labute approximate surface area is 168 Å². The standard InChI is InChI=1S/C20H23N7O2/c1-3-4-9-27-19(15-12-16-20(29)25(2)10-11-26(16)23-15)22-18(24-27)14-7-5-13(6-8-14)17(21)28/h5-8,12H,3-4,9-11H2,1-2H3,(H2,21,28). The molecule has 2 amide bonds. The number of primary amides is 1. The highest BCUT2D eigenvalue weighted by molar-refractivity contribution is 5.94. The van der Waals surface area contributed by atoms with E-state index in [4.69, 9.17) is 10.7 Å². The van der Waals surface area contributed by atoms with Crippen LogP contribution in [-0.4, -0.2) is 54.9 Å². The highest BCUT2D eigenvalue weighted by Crippen LogP contribution is 2.25. The molecule has 9 nitrogen and oxygen atoms in total. The van der Waals surface area contributed by atoms with Crippen molar-refractivity contribution in [2.24, 2.45) is 5.73 Å². The number of amides is 2. The molecule has 2 N–H and O–H groups in total. The average molecular weight is 393 g/mol. The molecule has 0 unspecified atom stereocenters. The zero-order valence-corrected chi connectivity index (χ0v) is 16.5. The van der Waals surface area contributed by atoms with E-state index in [-0.39, 0.29) is 5.91 Å². The molecule has 0 radical (unpaired) electrons. The number of nitrogens with zero attached hydrogens (tertiary/aromatic N) is 6. The fourth-order valence-electron chi connectivity index (χ4n) is 3.31. The first-order valence-corrected chi connectivity index (χ1v) is 9.66. The first-order valence-electron chi connectivity index (χ1n) is 9.66. The molecular formula is C20H23N7O2. The van der Waals surface area contributed by atoms with Crippen molar-refractivity contribution in [3.63, 3.8) is 0 Å². The Hall–Kier alpha value is -3.49. The number of hydrogen-bond acceptors (Lipinski definition) is 5. The summed E-state index contributed by atoms with van der Waals surface area (Å²) in [5.41, 5.74) is 7.73. The molecule has 2 aromatic heterocycles. The molecule has 0 atom stereocenters. The number of carbonyl (C=O) groups is 2.